The first-order chi connectivity index (χ1) is 16.7. The van der Waals surface area contributed by atoms with Crippen LogP contribution in [0.2, 0.25) is 0 Å². The molecule has 0 aromatic carbocycles. The van der Waals surface area contributed by atoms with Crippen LogP contribution in [0.4, 0.5) is 0 Å². The Hall–Kier alpha value is 0.430. The van der Waals surface area contributed by atoms with Crippen LogP contribution < -0.4 is 0 Å². The molecule has 0 heterocycles. The predicted molar refractivity (Wildman–Crippen MR) is 165 cm³/mol. The fourth-order valence-corrected chi connectivity index (χ4v) is 10.9. The van der Waals surface area contributed by atoms with Gasteiger partial charge in [0.05, 0.1) is 24.6 Å². The Morgan fingerprint density at radius 1 is 0.235 bits per heavy atom. The monoisotopic (exact) mass is 498 g/mol. The topological polar surface area (TPSA) is 0 Å². The molecule has 34 heavy (non-hydrogen) atoms. The lowest BCUT2D eigenvalue weighted by Crippen LogP contribution is -2.13. The lowest BCUT2D eigenvalue weighted by atomic mass is 10.1. The maximum absolute atomic E-state index is 2.48. The van der Waals surface area contributed by atoms with Gasteiger partial charge in [0.25, 0.3) is 0 Å². The van der Waals surface area contributed by atoms with Gasteiger partial charge in [-0.2, -0.15) is 0 Å². The minimum Gasteiger partial charge on any atom is -0.0654 e. The predicted octanol–water partition coefficient (Wildman–Crippen LogP) is 12.8. The minimum atomic E-state index is -0.695. The van der Waals surface area contributed by atoms with Gasteiger partial charge in [-0.15, -0.1) is 0 Å². The van der Waals surface area contributed by atoms with Crippen LogP contribution in [-0.4, -0.2) is 24.6 Å². The molecule has 0 aromatic heterocycles. The summed E-state index contributed by atoms with van der Waals surface area (Å²) in [6.07, 6.45) is 43.5. The molecule has 0 aromatic rings. The maximum atomic E-state index is 2.48. The standard InChI is InChI=1S/C33H70P/c1-5-9-12-15-18-21-24-27-31-34(30-8-4,32-28-25-22-19-16-13-10-6-2)33-29-26-23-20-17-14-11-7-3/h5-33H2,1-4H3/q+1. The highest BCUT2D eigenvalue weighted by Gasteiger charge is 2.34. The Balaban J connectivity index is 4.38. The van der Waals surface area contributed by atoms with Crippen LogP contribution in [0.25, 0.3) is 0 Å². The average Bonchev–Trinajstić information content (AvgIpc) is 2.84. The largest absolute Gasteiger partial charge is 0.0654 e. The van der Waals surface area contributed by atoms with Crippen molar-refractivity contribution in [2.45, 2.75) is 188 Å². The third-order valence-corrected chi connectivity index (χ3v) is 13.3. The van der Waals surface area contributed by atoms with E-state index in [4.69, 9.17) is 0 Å². The number of hydrogen-bond donors (Lipinski definition) is 0. The van der Waals surface area contributed by atoms with E-state index in [1.165, 1.54) is 141 Å². The van der Waals surface area contributed by atoms with Crippen molar-refractivity contribution in [3.8, 4) is 0 Å². The molecule has 0 spiro atoms. The molecule has 0 N–H and O–H groups in total. The van der Waals surface area contributed by atoms with Gasteiger partial charge in [0.2, 0.25) is 0 Å². The maximum Gasteiger partial charge on any atom is 0.0594 e. The van der Waals surface area contributed by atoms with Crippen molar-refractivity contribution in [3.05, 3.63) is 0 Å². The second kappa shape index (κ2) is 28.0. The highest BCUT2D eigenvalue weighted by atomic mass is 31.2. The van der Waals surface area contributed by atoms with Crippen molar-refractivity contribution < 1.29 is 0 Å². The van der Waals surface area contributed by atoms with Crippen molar-refractivity contribution in [2.75, 3.05) is 24.6 Å². The molecule has 0 amide bonds. The lowest BCUT2D eigenvalue weighted by Gasteiger charge is -2.28. The molecule has 206 valence electrons. The van der Waals surface area contributed by atoms with Crippen molar-refractivity contribution in [1.82, 2.24) is 0 Å². The van der Waals surface area contributed by atoms with E-state index in [0.717, 1.165) is 0 Å². The fraction of sp³-hybridized carbons (Fsp3) is 1.00. The summed E-state index contributed by atoms with van der Waals surface area (Å²) in [5.74, 6) is 0. The first-order valence-electron chi connectivity index (χ1n) is 16.6. The second-order valence-electron chi connectivity index (χ2n) is 11.7. The van der Waals surface area contributed by atoms with E-state index in [0.29, 0.717) is 0 Å². The first kappa shape index (κ1) is 34.4. The summed E-state index contributed by atoms with van der Waals surface area (Å²) >= 11 is 0. The summed E-state index contributed by atoms with van der Waals surface area (Å²) in [7, 11) is -0.695. The second-order valence-corrected chi connectivity index (χ2v) is 16.1. The number of rotatable bonds is 29. The molecule has 0 aliphatic heterocycles. The van der Waals surface area contributed by atoms with E-state index >= 15 is 0 Å². The zero-order chi connectivity index (χ0) is 25.0. The molecular formula is C33H70P+. The summed E-state index contributed by atoms with van der Waals surface area (Å²) in [6, 6.07) is 0. The lowest BCUT2D eigenvalue weighted by molar-refractivity contribution is 0.580. The van der Waals surface area contributed by atoms with Gasteiger partial charge >= 0.3 is 0 Å². The molecule has 0 unspecified atom stereocenters. The fourth-order valence-electron chi connectivity index (χ4n) is 5.89. The molecule has 0 aliphatic carbocycles. The van der Waals surface area contributed by atoms with Crippen molar-refractivity contribution in [1.29, 1.82) is 0 Å². The van der Waals surface area contributed by atoms with Gasteiger partial charge in [-0.25, -0.2) is 0 Å². The van der Waals surface area contributed by atoms with Crippen molar-refractivity contribution in [3.63, 3.8) is 0 Å². The van der Waals surface area contributed by atoms with Crippen LogP contribution in [0.15, 0.2) is 0 Å². The van der Waals surface area contributed by atoms with Crippen LogP contribution in [0, 0.1) is 0 Å². The minimum absolute atomic E-state index is 0.695. The Morgan fingerprint density at radius 2 is 0.471 bits per heavy atom. The third-order valence-electron chi connectivity index (χ3n) is 8.16. The normalized spacial score (nSPS) is 12.0. The van der Waals surface area contributed by atoms with E-state index in [2.05, 4.69) is 27.7 Å². The molecule has 0 rings (SSSR count). The number of unbranched alkanes of at least 4 members (excludes halogenated alkanes) is 21. The summed E-state index contributed by atoms with van der Waals surface area (Å²) in [5, 5.41) is 0. The van der Waals surface area contributed by atoms with Crippen LogP contribution >= 0.6 is 7.26 Å². The van der Waals surface area contributed by atoms with Crippen LogP contribution in [0.5, 0.6) is 0 Å². The molecule has 0 radical (unpaired) electrons. The third kappa shape index (κ3) is 22.9. The Morgan fingerprint density at radius 3 is 0.706 bits per heavy atom. The molecule has 0 atom stereocenters. The SMILES string of the molecule is CCCCCCCCCC[P+](CCC)(CCCCCCCCCC)CCCCCCCCCC. The molecule has 0 aliphatic rings. The summed E-state index contributed by atoms with van der Waals surface area (Å²) < 4.78 is 0. The van der Waals surface area contributed by atoms with Gasteiger partial charge in [-0.1, -0.05) is 143 Å². The molecule has 0 bridgehead atoms. The highest BCUT2D eigenvalue weighted by molar-refractivity contribution is 7.75. The molecule has 0 saturated heterocycles. The van der Waals surface area contributed by atoms with Crippen molar-refractivity contribution >= 4 is 7.26 Å². The molecule has 0 fully saturated rings. The smallest absolute Gasteiger partial charge is 0.0594 e. The molecular weight excluding hydrogens is 427 g/mol. The number of hydrogen-bond acceptors (Lipinski definition) is 0. The van der Waals surface area contributed by atoms with E-state index in [1.54, 1.807) is 43.9 Å². The van der Waals surface area contributed by atoms with Gasteiger partial charge in [0.15, 0.2) is 0 Å². The Kier molecular flexibility index (Phi) is 28.4. The molecule has 0 nitrogen and oxygen atoms in total. The molecule has 1 heteroatoms. The summed E-state index contributed by atoms with van der Waals surface area (Å²) in [5.41, 5.74) is 0. The van der Waals surface area contributed by atoms with Gasteiger partial charge in [0, 0.05) is 7.26 Å². The van der Waals surface area contributed by atoms with Gasteiger partial charge in [-0.05, 0) is 44.9 Å². The highest BCUT2D eigenvalue weighted by Crippen LogP contribution is 2.61. The van der Waals surface area contributed by atoms with Crippen LogP contribution in [0.3, 0.4) is 0 Å². The average molecular weight is 498 g/mol. The quantitative estimate of drug-likeness (QED) is 0.0711. The van der Waals surface area contributed by atoms with Crippen molar-refractivity contribution in [2.24, 2.45) is 0 Å². The molecule has 0 saturated carbocycles. The van der Waals surface area contributed by atoms with Gasteiger partial charge in [0.1, 0.15) is 0 Å². The van der Waals surface area contributed by atoms with E-state index in [-0.39, 0.29) is 0 Å². The summed E-state index contributed by atoms with van der Waals surface area (Å²) in [4.78, 5) is 0. The van der Waals surface area contributed by atoms with Crippen LogP contribution in [-0.2, 0) is 0 Å². The summed E-state index contributed by atoms with van der Waals surface area (Å²) in [6.45, 7) is 9.46. The zero-order valence-electron chi connectivity index (χ0n) is 25.0. The van der Waals surface area contributed by atoms with Gasteiger partial charge in [-0.3, -0.25) is 0 Å². The van der Waals surface area contributed by atoms with Gasteiger partial charge < -0.3 is 0 Å². The Bertz CT molecular complexity index is 313. The van der Waals surface area contributed by atoms with E-state index in [9.17, 15) is 0 Å². The van der Waals surface area contributed by atoms with E-state index < -0.39 is 7.26 Å². The van der Waals surface area contributed by atoms with E-state index in [1.807, 2.05) is 0 Å². The zero-order valence-corrected chi connectivity index (χ0v) is 25.8. The Labute approximate surface area is 220 Å². The first-order valence-corrected chi connectivity index (χ1v) is 19.1. The van der Waals surface area contributed by atoms with Crippen LogP contribution in [0.1, 0.15) is 188 Å².